The van der Waals surface area contributed by atoms with Gasteiger partial charge in [0.15, 0.2) is 0 Å². The minimum absolute atomic E-state index is 0.205. The molecular weight excluding hydrogens is 298 g/mol. The van der Waals surface area contributed by atoms with Crippen molar-refractivity contribution in [2.24, 2.45) is 0 Å². The lowest BCUT2D eigenvalue weighted by molar-refractivity contribution is -0.137. The number of carbonyl (C=O) groups excluding carboxylic acids is 4. The summed E-state index contributed by atoms with van der Waals surface area (Å²) >= 11 is 0. The van der Waals surface area contributed by atoms with Gasteiger partial charge in [-0.3, -0.25) is 24.5 Å². The number of amides is 4. The predicted molar refractivity (Wildman–Crippen MR) is 81.3 cm³/mol. The Bertz CT molecular complexity index is 741. The van der Waals surface area contributed by atoms with Gasteiger partial charge in [0.05, 0.1) is 0 Å². The maximum absolute atomic E-state index is 12.6. The molecule has 2 aliphatic heterocycles. The van der Waals surface area contributed by atoms with Gasteiger partial charge in [-0.1, -0.05) is 12.6 Å². The van der Waals surface area contributed by atoms with Crippen LogP contribution in [0.15, 0.2) is 30.9 Å². The fourth-order valence-electron chi connectivity index (χ4n) is 2.89. The lowest BCUT2D eigenvalue weighted by Crippen LogP contribution is -2.52. The van der Waals surface area contributed by atoms with E-state index >= 15 is 0 Å². The number of carbonyl (C=O) groups is 4. The molecule has 1 saturated heterocycles. The topological polar surface area (TPSA) is 95.6 Å². The summed E-state index contributed by atoms with van der Waals surface area (Å²) in [5.41, 5.74) is 1.64. The summed E-state index contributed by atoms with van der Waals surface area (Å²) in [4.78, 5) is 48.7. The van der Waals surface area contributed by atoms with Crippen molar-refractivity contribution < 1.29 is 19.2 Å². The maximum atomic E-state index is 12.6. The predicted octanol–water partition coefficient (Wildman–Crippen LogP) is 0.572. The zero-order valence-corrected chi connectivity index (χ0v) is 12.3. The Morgan fingerprint density at radius 3 is 2.83 bits per heavy atom. The summed E-state index contributed by atoms with van der Waals surface area (Å²) in [6.07, 6.45) is 1.66. The minimum Gasteiger partial charge on any atom is -0.322 e. The van der Waals surface area contributed by atoms with Crippen molar-refractivity contribution in [3.05, 3.63) is 42.0 Å². The summed E-state index contributed by atoms with van der Waals surface area (Å²) in [5.74, 6) is -1.43. The molecule has 2 N–H and O–H groups in total. The zero-order valence-electron chi connectivity index (χ0n) is 12.3. The van der Waals surface area contributed by atoms with Crippen LogP contribution in [0.25, 0.3) is 0 Å². The van der Waals surface area contributed by atoms with E-state index in [1.54, 1.807) is 18.2 Å². The third-order valence-electron chi connectivity index (χ3n) is 4.03. The zero-order chi connectivity index (χ0) is 16.6. The molecule has 118 valence electrons. The number of imide groups is 1. The Morgan fingerprint density at radius 1 is 1.35 bits per heavy atom. The summed E-state index contributed by atoms with van der Waals surface area (Å²) in [6.45, 7) is 3.61. The first-order valence-electron chi connectivity index (χ1n) is 7.21. The van der Waals surface area contributed by atoms with E-state index in [2.05, 4.69) is 17.2 Å². The van der Waals surface area contributed by atoms with Gasteiger partial charge in [-0.25, -0.2) is 0 Å². The molecule has 1 fully saturated rings. The van der Waals surface area contributed by atoms with Crippen LogP contribution in [0, 0.1) is 0 Å². The number of hydrogen-bond donors (Lipinski definition) is 2. The highest BCUT2D eigenvalue weighted by atomic mass is 16.2. The fourth-order valence-corrected chi connectivity index (χ4v) is 2.89. The Hall–Kier alpha value is -2.96. The lowest BCUT2D eigenvalue weighted by atomic mass is 10.0. The van der Waals surface area contributed by atoms with Crippen LogP contribution in [-0.4, -0.2) is 34.6 Å². The number of fused-ring (bicyclic) bond motifs is 1. The average molecular weight is 313 g/mol. The normalized spacial score (nSPS) is 20.1. The third kappa shape index (κ3) is 2.61. The Balaban J connectivity index is 1.88. The molecule has 0 radical (unpaired) electrons. The second-order valence-electron chi connectivity index (χ2n) is 5.43. The van der Waals surface area contributed by atoms with E-state index < -0.39 is 11.9 Å². The van der Waals surface area contributed by atoms with Gasteiger partial charge >= 0.3 is 0 Å². The van der Waals surface area contributed by atoms with Crippen LogP contribution in [0.4, 0.5) is 5.69 Å². The molecule has 1 aromatic carbocycles. The first kappa shape index (κ1) is 15.0. The van der Waals surface area contributed by atoms with Crippen LogP contribution in [-0.2, 0) is 20.9 Å². The second-order valence-corrected chi connectivity index (χ2v) is 5.43. The van der Waals surface area contributed by atoms with Crippen molar-refractivity contribution >= 4 is 29.3 Å². The second kappa shape index (κ2) is 5.68. The van der Waals surface area contributed by atoms with Crippen LogP contribution < -0.4 is 10.6 Å². The highest BCUT2D eigenvalue weighted by Crippen LogP contribution is 2.32. The highest BCUT2D eigenvalue weighted by Gasteiger charge is 2.39. The van der Waals surface area contributed by atoms with Crippen molar-refractivity contribution in [2.45, 2.75) is 25.4 Å². The Kier molecular flexibility index (Phi) is 3.69. The van der Waals surface area contributed by atoms with Gasteiger partial charge in [-0.05, 0) is 24.6 Å². The summed E-state index contributed by atoms with van der Waals surface area (Å²) in [6, 6.07) is 4.36. The largest absolute Gasteiger partial charge is 0.322 e. The van der Waals surface area contributed by atoms with Crippen molar-refractivity contribution in [1.29, 1.82) is 0 Å². The molecule has 0 aromatic heterocycles. The third-order valence-corrected chi connectivity index (χ3v) is 4.03. The first-order valence-corrected chi connectivity index (χ1v) is 7.21. The Morgan fingerprint density at radius 2 is 2.13 bits per heavy atom. The van der Waals surface area contributed by atoms with E-state index in [1.165, 1.54) is 4.90 Å². The van der Waals surface area contributed by atoms with E-state index in [-0.39, 0.29) is 30.7 Å². The molecule has 23 heavy (non-hydrogen) atoms. The van der Waals surface area contributed by atoms with Gasteiger partial charge in [0.1, 0.15) is 6.04 Å². The van der Waals surface area contributed by atoms with Gasteiger partial charge in [0.2, 0.25) is 17.7 Å². The summed E-state index contributed by atoms with van der Waals surface area (Å²) in [7, 11) is 0. The standard InChI is InChI=1S/C16H15N3O4/c1-2-13(20)17-11-5-3-4-9-10(11)8-19(16(9)23)12-6-7-14(21)18-15(12)22/h2-5,12H,1,6-8H2,(H,17,20)(H,18,21,22). The van der Waals surface area contributed by atoms with Crippen LogP contribution in [0.2, 0.25) is 0 Å². The smallest absolute Gasteiger partial charge is 0.255 e. The molecule has 7 heteroatoms. The van der Waals surface area contributed by atoms with Crippen molar-refractivity contribution in [2.75, 3.05) is 5.32 Å². The maximum Gasteiger partial charge on any atom is 0.255 e. The molecule has 2 heterocycles. The summed E-state index contributed by atoms with van der Waals surface area (Å²) < 4.78 is 0. The molecule has 7 nitrogen and oxygen atoms in total. The van der Waals surface area contributed by atoms with Gasteiger partial charge in [0.25, 0.3) is 5.91 Å². The number of nitrogens with zero attached hydrogens (tertiary/aromatic N) is 1. The molecule has 1 atom stereocenters. The molecule has 3 rings (SSSR count). The minimum atomic E-state index is -0.671. The van der Waals surface area contributed by atoms with Crippen LogP contribution >= 0.6 is 0 Å². The molecular formula is C16H15N3O4. The summed E-state index contributed by atoms with van der Waals surface area (Å²) in [5, 5.41) is 4.92. The molecule has 0 aliphatic carbocycles. The highest BCUT2D eigenvalue weighted by molar-refractivity contribution is 6.07. The van der Waals surface area contributed by atoms with Gasteiger partial charge in [0, 0.05) is 29.8 Å². The van der Waals surface area contributed by atoms with Crippen molar-refractivity contribution in [3.63, 3.8) is 0 Å². The van der Waals surface area contributed by atoms with Crippen LogP contribution in [0.3, 0.4) is 0 Å². The SMILES string of the molecule is C=CC(=O)Nc1cccc2c1CN(C1CCC(=O)NC1=O)C2=O. The van der Waals surface area contributed by atoms with Gasteiger partial charge < -0.3 is 10.2 Å². The van der Waals surface area contributed by atoms with Crippen LogP contribution in [0.5, 0.6) is 0 Å². The van der Waals surface area contributed by atoms with Crippen molar-refractivity contribution in [1.82, 2.24) is 10.2 Å². The molecule has 0 saturated carbocycles. The van der Waals surface area contributed by atoms with E-state index in [1.807, 2.05) is 0 Å². The molecule has 4 amide bonds. The van der Waals surface area contributed by atoms with E-state index in [0.29, 0.717) is 23.2 Å². The quantitative estimate of drug-likeness (QED) is 0.630. The van der Waals surface area contributed by atoms with Gasteiger partial charge in [-0.2, -0.15) is 0 Å². The Labute approximate surface area is 132 Å². The first-order chi connectivity index (χ1) is 11.0. The lowest BCUT2D eigenvalue weighted by Gasteiger charge is -2.29. The molecule has 1 unspecified atom stereocenters. The number of rotatable bonds is 3. The van der Waals surface area contributed by atoms with Crippen molar-refractivity contribution in [3.8, 4) is 0 Å². The number of hydrogen-bond acceptors (Lipinski definition) is 4. The monoisotopic (exact) mass is 313 g/mol. The molecule has 0 spiro atoms. The van der Waals surface area contributed by atoms with Crippen LogP contribution in [0.1, 0.15) is 28.8 Å². The number of nitrogens with one attached hydrogen (secondary N) is 2. The number of anilines is 1. The molecule has 1 aromatic rings. The average Bonchev–Trinajstić information content (AvgIpc) is 2.86. The number of piperidine rings is 1. The van der Waals surface area contributed by atoms with E-state index in [0.717, 1.165) is 6.08 Å². The number of benzene rings is 1. The van der Waals surface area contributed by atoms with E-state index in [4.69, 9.17) is 0 Å². The fraction of sp³-hybridized carbons (Fsp3) is 0.250. The van der Waals surface area contributed by atoms with Gasteiger partial charge in [-0.15, -0.1) is 0 Å². The molecule has 0 bridgehead atoms. The molecule has 2 aliphatic rings. The van der Waals surface area contributed by atoms with E-state index in [9.17, 15) is 19.2 Å².